The third-order valence-electron chi connectivity index (χ3n) is 6.81. The van der Waals surface area contributed by atoms with Gasteiger partial charge < -0.3 is 10.0 Å². The Morgan fingerprint density at radius 1 is 1.18 bits per heavy atom. The largest absolute Gasteiger partial charge is 0.388 e. The summed E-state index contributed by atoms with van der Waals surface area (Å²) >= 11 is 0. The molecule has 0 bridgehead atoms. The van der Waals surface area contributed by atoms with Crippen LogP contribution >= 0.6 is 0 Å². The van der Waals surface area contributed by atoms with Crippen LogP contribution in [0.2, 0.25) is 0 Å². The average molecular weight is 464 g/mol. The Kier molecular flexibility index (Phi) is 5.69. The second kappa shape index (κ2) is 8.56. The normalized spacial score (nSPS) is 20.8. The molecule has 1 saturated heterocycles. The van der Waals surface area contributed by atoms with Crippen LogP contribution in [-0.2, 0) is 0 Å². The summed E-state index contributed by atoms with van der Waals surface area (Å²) in [7, 11) is 0. The van der Waals surface area contributed by atoms with Crippen molar-refractivity contribution in [3.05, 3.63) is 60.3 Å². The van der Waals surface area contributed by atoms with Crippen molar-refractivity contribution < 1.29 is 9.50 Å². The smallest absolute Gasteiger partial charge is 0.257 e. The van der Waals surface area contributed by atoms with Gasteiger partial charge in [-0.05, 0) is 57.0 Å². The van der Waals surface area contributed by atoms with Crippen molar-refractivity contribution >= 4 is 22.6 Å². The van der Waals surface area contributed by atoms with Crippen LogP contribution in [0.3, 0.4) is 0 Å². The topological polar surface area (TPSA) is 82.7 Å². The van der Waals surface area contributed by atoms with Crippen LogP contribution in [0.4, 0.5) is 10.2 Å². The van der Waals surface area contributed by atoms with Crippen LogP contribution in [0.5, 0.6) is 0 Å². The predicted molar refractivity (Wildman–Crippen MR) is 129 cm³/mol. The summed E-state index contributed by atoms with van der Waals surface area (Å²) in [5.74, 6) is 1.06. The number of benzene rings is 1. The summed E-state index contributed by atoms with van der Waals surface area (Å²) in [6, 6.07) is 10.3. The SMILES string of the molecule is CC[C@@H]1CN(c2nc3nncn3c3cccnc23)[C@@H](C)CN1[C@H](c1ccc(F)cc1)C(C)(C)O. The van der Waals surface area contributed by atoms with Crippen molar-refractivity contribution in [1.82, 2.24) is 29.5 Å². The Morgan fingerprint density at radius 2 is 1.94 bits per heavy atom. The van der Waals surface area contributed by atoms with E-state index in [0.29, 0.717) is 18.9 Å². The first-order valence-electron chi connectivity index (χ1n) is 11.7. The summed E-state index contributed by atoms with van der Waals surface area (Å²) in [4.78, 5) is 14.1. The fourth-order valence-electron chi connectivity index (χ4n) is 5.28. The molecule has 1 N–H and O–H groups in total. The summed E-state index contributed by atoms with van der Waals surface area (Å²) in [6.07, 6.45) is 4.32. The number of rotatable bonds is 5. The Hall–Kier alpha value is -3.17. The van der Waals surface area contributed by atoms with Crippen molar-refractivity contribution in [2.45, 2.75) is 57.8 Å². The Bertz CT molecular complexity index is 1300. The van der Waals surface area contributed by atoms with Crippen LogP contribution in [0.1, 0.15) is 45.7 Å². The van der Waals surface area contributed by atoms with Crippen LogP contribution in [0, 0.1) is 5.82 Å². The molecule has 9 heteroatoms. The minimum Gasteiger partial charge on any atom is -0.388 e. The lowest BCUT2D eigenvalue weighted by Gasteiger charge is -2.51. The molecule has 1 fully saturated rings. The zero-order chi connectivity index (χ0) is 24.0. The maximum absolute atomic E-state index is 13.6. The van der Waals surface area contributed by atoms with E-state index in [2.05, 4.69) is 38.8 Å². The molecule has 5 rings (SSSR count). The van der Waals surface area contributed by atoms with E-state index in [4.69, 9.17) is 4.98 Å². The second-order valence-corrected chi connectivity index (χ2v) is 9.68. The maximum atomic E-state index is 13.6. The summed E-state index contributed by atoms with van der Waals surface area (Å²) in [6.45, 7) is 9.39. The summed E-state index contributed by atoms with van der Waals surface area (Å²) in [5.41, 5.74) is 1.61. The highest BCUT2D eigenvalue weighted by Crippen LogP contribution is 2.38. The number of hydrogen-bond acceptors (Lipinski definition) is 7. The first-order chi connectivity index (χ1) is 16.3. The molecule has 4 aromatic rings. The van der Waals surface area contributed by atoms with Gasteiger partial charge in [0.05, 0.1) is 17.2 Å². The van der Waals surface area contributed by atoms with E-state index in [1.807, 2.05) is 30.4 Å². The van der Waals surface area contributed by atoms with E-state index < -0.39 is 5.60 Å². The fraction of sp³-hybridized carbons (Fsp3) is 0.440. The van der Waals surface area contributed by atoms with Gasteiger partial charge in [0.2, 0.25) is 0 Å². The second-order valence-electron chi connectivity index (χ2n) is 9.68. The number of aromatic nitrogens is 5. The highest BCUT2D eigenvalue weighted by molar-refractivity contribution is 5.88. The molecule has 3 aromatic heterocycles. The van der Waals surface area contributed by atoms with Crippen LogP contribution in [-0.4, -0.2) is 65.3 Å². The zero-order valence-electron chi connectivity index (χ0n) is 19.9. The van der Waals surface area contributed by atoms with Crippen molar-refractivity contribution in [2.24, 2.45) is 0 Å². The lowest BCUT2D eigenvalue weighted by atomic mass is 9.87. The molecule has 0 spiro atoms. The number of hydrogen-bond donors (Lipinski definition) is 1. The van der Waals surface area contributed by atoms with Gasteiger partial charge in [-0.2, -0.15) is 4.98 Å². The molecule has 4 heterocycles. The fourth-order valence-corrected chi connectivity index (χ4v) is 5.28. The number of anilines is 1. The predicted octanol–water partition coefficient (Wildman–Crippen LogP) is 3.61. The molecular weight excluding hydrogens is 433 g/mol. The molecule has 0 unspecified atom stereocenters. The van der Waals surface area contributed by atoms with Crippen LogP contribution in [0.15, 0.2) is 48.9 Å². The van der Waals surface area contributed by atoms with Gasteiger partial charge in [-0.15, -0.1) is 10.2 Å². The molecule has 0 aliphatic carbocycles. The van der Waals surface area contributed by atoms with Gasteiger partial charge in [0, 0.05) is 31.4 Å². The van der Waals surface area contributed by atoms with Gasteiger partial charge in [-0.1, -0.05) is 19.1 Å². The molecule has 0 saturated carbocycles. The van der Waals surface area contributed by atoms with Gasteiger partial charge >= 0.3 is 0 Å². The third-order valence-corrected chi connectivity index (χ3v) is 6.81. The maximum Gasteiger partial charge on any atom is 0.257 e. The van der Waals surface area contributed by atoms with Crippen molar-refractivity contribution in [3.8, 4) is 0 Å². The monoisotopic (exact) mass is 463 g/mol. The third kappa shape index (κ3) is 3.88. The Labute approximate surface area is 198 Å². The van der Waals surface area contributed by atoms with E-state index in [0.717, 1.165) is 28.8 Å². The van der Waals surface area contributed by atoms with Crippen LogP contribution < -0.4 is 4.90 Å². The van der Waals surface area contributed by atoms with Gasteiger partial charge in [0.15, 0.2) is 5.82 Å². The lowest BCUT2D eigenvalue weighted by molar-refractivity contribution is -0.0472. The molecule has 1 aromatic carbocycles. The quantitative estimate of drug-likeness (QED) is 0.484. The minimum absolute atomic E-state index is 0.0937. The zero-order valence-corrected chi connectivity index (χ0v) is 19.9. The summed E-state index contributed by atoms with van der Waals surface area (Å²) in [5, 5.41) is 19.4. The van der Waals surface area contributed by atoms with Crippen molar-refractivity contribution in [1.29, 1.82) is 0 Å². The number of halogens is 1. The standard InChI is InChI=1S/C25H30FN7O/c1-5-19-14-31(23-21-20(7-6-12-27-21)33-15-28-30-24(33)29-23)16(2)13-32(19)22(25(3,4)34)17-8-10-18(26)11-9-17/h6-12,15-16,19,22,34H,5,13-14H2,1-4H3/t16-,19+,22+/m0/s1. The van der Waals surface area contributed by atoms with E-state index in [-0.39, 0.29) is 23.9 Å². The van der Waals surface area contributed by atoms with E-state index >= 15 is 0 Å². The Morgan fingerprint density at radius 3 is 2.65 bits per heavy atom. The first-order valence-corrected chi connectivity index (χ1v) is 11.7. The average Bonchev–Trinajstić information content (AvgIpc) is 3.28. The molecule has 1 aliphatic rings. The minimum atomic E-state index is -1.01. The molecule has 8 nitrogen and oxygen atoms in total. The van der Waals surface area contributed by atoms with Gasteiger partial charge in [-0.3, -0.25) is 14.3 Å². The molecule has 0 amide bonds. The number of nitrogens with zero attached hydrogens (tertiary/aromatic N) is 7. The summed E-state index contributed by atoms with van der Waals surface area (Å²) < 4.78 is 15.5. The molecule has 178 valence electrons. The molecule has 0 radical (unpaired) electrons. The molecule has 34 heavy (non-hydrogen) atoms. The molecular formula is C25H30FN7O. The van der Waals surface area contributed by atoms with Gasteiger partial charge in [0.25, 0.3) is 5.78 Å². The highest BCUT2D eigenvalue weighted by Gasteiger charge is 2.42. The van der Waals surface area contributed by atoms with Gasteiger partial charge in [-0.25, -0.2) is 4.39 Å². The highest BCUT2D eigenvalue weighted by atomic mass is 19.1. The first kappa shape index (κ1) is 22.6. The van der Waals surface area contributed by atoms with Crippen molar-refractivity contribution in [3.63, 3.8) is 0 Å². The Balaban J connectivity index is 1.55. The number of piperazine rings is 1. The molecule has 1 aliphatic heterocycles. The number of aliphatic hydroxyl groups is 1. The number of fused-ring (bicyclic) bond motifs is 3. The van der Waals surface area contributed by atoms with E-state index in [1.165, 1.54) is 12.1 Å². The lowest BCUT2D eigenvalue weighted by Crippen LogP contribution is -2.61. The molecule has 3 atom stereocenters. The number of pyridine rings is 1. The van der Waals surface area contributed by atoms with E-state index in [1.54, 1.807) is 24.7 Å². The van der Waals surface area contributed by atoms with E-state index in [9.17, 15) is 9.50 Å². The van der Waals surface area contributed by atoms with Crippen molar-refractivity contribution in [2.75, 3.05) is 18.0 Å². The van der Waals surface area contributed by atoms with Crippen LogP contribution in [0.25, 0.3) is 16.8 Å². The van der Waals surface area contributed by atoms with Gasteiger partial charge in [0.1, 0.15) is 17.7 Å².